The van der Waals surface area contributed by atoms with Gasteiger partial charge in [0, 0.05) is 38.8 Å². The standard InChI is InChI=1S/C38H30FNO2/c1-37(2)31-17-23(35(41)21-5-11-25(39)12-6-21)9-15-27(31)29-19-34-30(20-33(29)37)28-16-10-24(18-32(28)38(34,3)4)36(42)22-7-13-26(40)14-8-22/h5-20H,40H2,1-4H3. The smallest absolute Gasteiger partial charge is 0.193 e. The van der Waals surface area contributed by atoms with Crippen LogP contribution >= 0.6 is 0 Å². The molecule has 0 aromatic heterocycles. The molecule has 42 heavy (non-hydrogen) atoms. The molecule has 0 saturated carbocycles. The SMILES string of the molecule is CC1(C)c2cc(C(=O)c3ccc(N)cc3)ccc2-c2cc3c(cc21)-c1ccc(C(=O)c2ccc(F)cc2)cc1C3(C)C. The predicted octanol–water partition coefficient (Wildman–Crippen LogP) is 8.48. The molecule has 0 spiro atoms. The Bertz CT molecular complexity index is 1820. The normalized spacial score (nSPS) is 15.0. The minimum Gasteiger partial charge on any atom is -0.399 e. The van der Waals surface area contributed by atoms with E-state index in [1.807, 2.05) is 30.3 Å². The lowest BCUT2D eigenvalue weighted by atomic mass is 9.79. The van der Waals surface area contributed by atoms with Gasteiger partial charge in [0.1, 0.15) is 5.82 Å². The van der Waals surface area contributed by atoms with Crippen molar-refractivity contribution >= 4 is 17.3 Å². The summed E-state index contributed by atoms with van der Waals surface area (Å²) >= 11 is 0. The molecule has 7 rings (SSSR count). The molecule has 0 fully saturated rings. The summed E-state index contributed by atoms with van der Waals surface area (Å²) in [5, 5.41) is 0. The number of ketones is 2. The minimum absolute atomic E-state index is 0.0203. The monoisotopic (exact) mass is 551 g/mol. The third-order valence-electron chi connectivity index (χ3n) is 9.27. The van der Waals surface area contributed by atoms with Crippen molar-refractivity contribution < 1.29 is 14.0 Å². The molecule has 0 aliphatic heterocycles. The Balaban J connectivity index is 1.30. The number of halogens is 1. The second kappa shape index (κ2) is 8.83. The summed E-state index contributed by atoms with van der Waals surface area (Å²) in [7, 11) is 0. The highest BCUT2D eigenvalue weighted by atomic mass is 19.1. The van der Waals surface area contributed by atoms with Gasteiger partial charge in [0.2, 0.25) is 0 Å². The minimum atomic E-state index is -0.362. The first-order valence-corrected chi connectivity index (χ1v) is 14.2. The lowest BCUT2D eigenvalue weighted by Crippen LogP contribution is -2.17. The fourth-order valence-corrected chi connectivity index (χ4v) is 6.81. The number of fused-ring (bicyclic) bond motifs is 6. The highest BCUT2D eigenvalue weighted by Gasteiger charge is 2.42. The highest BCUT2D eigenvalue weighted by Crippen LogP contribution is 2.56. The number of carbonyl (C=O) groups excluding carboxylic acids is 2. The molecule has 5 aromatic rings. The fraction of sp³-hybridized carbons (Fsp3) is 0.158. The van der Waals surface area contributed by atoms with Crippen LogP contribution in [0.4, 0.5) is 10.1 Å². The molecule has 5 aromatic carbocycles. The molecule has 0 bridgehead atoms. The van der Waals surface area contributed by atoms with Crippen LogP contribution < -0.4 is 5.73 Å². The Kier molecular flexibility index (Phi) is 5.49. The highest BCUT2D eigenvalue weighted by molar-refractivity contribution is 6.10. The molecule has 2 N–H and O–H groups in total. The van der Waals surface area contributed by atoms with Crippen molar-refractivity contribution in [1.29, 1.82) is 0 Å². The van der Waals surface area contributed by atoms with Crippen molar-refractivity contribution in [2.75, 3.05) is 5.73 Å². The number of nitrogen functional groups attached to an aromatic ring is 1. The summed E-state index contributed by atoms with van der Waals surface area (Å²) < 4.78 is 13.4. The van der Waals surface area contributed by atoms with Gasteiger partial charge in [-0.15, -0.1) is 0 Å². The Labute approximate surface area is 244 Å². The van der Waals surface area contributed by atoms with Crippen molar-refractivity contribution in [3.8, 4) is 22.3 Å². The van der Waals surface area contributed by atoms with Crippen molar-refractivity contribution in [3.63, 3.8) is 0 Å². The van der Waals surface area contributed by atoms with Gasteiger partial charge >= 0.3 is 0 Å². The molecular weight excluding hydrogens is 521 g/mol. The maximum absolute atomic E-state index is 13.4. The van der Waals surface area contributed by atoms with E-state index in [-0.39, 0.29) is 28.2 Å². The van der Waals surface area contributed by atoms with Crippen molar-refractivity contribution in [2.24, 2.45) is 0 Å². The molecule has 206 valence electrons. The fourth-order valence-electron chi connectivity index (χ4n) is 6.81. The van der Waals surface area contributed by atoms with Gasteiger partial charge in [0.05, 0.1) is 0 Å². The van der Waals surface area contributed by atoms with Crippen molar-refractivity contribution in [2.45, 2.75) is 38.5 Å². The topological polar surface area (TPSA) is 60.2 Å². The Morgan fingerprint density at radius 3 is 1.29 bits per heavy atom. The van der Waals surface area contributed by atoms with Crippen LogP contribution in [0.3, 0.4) is 0 Å². The van der Waals surface area contributed by atoms with Gasteiger partial charge in [-0.2, -0.15) is 0 Å². The van der Waals surface area contributed by atoms with Gasteiger partial charge in [-0.05, 0) is 117 Å². The molecule has 0 amide bonds. The van der Waals surface area contributed by atoms with E-state index in [4.69, 9.17) is 5.73 Å². The lowest BCUT2D eigenvalue weighted by Gasteiger charge is -2.24. The number of hydrogen-bond donors (Lipinski definition) is 1. The lowest BCUT2D eigenvalue weighted by molar-refractivity contribution is 0.103. The quantitative estimate of drug-likeness (QED) is 0.180. The van der Waals surface area contributed by atoms with Crippen molar-refractivity contribution in [3.05, 3.63) is 147 Å². The summed E-state index contributed by atoms with van der Waals surface area (Å²) in [5.41, 5.74) is 17.5. The first kappa shape index (κ1) is 26.1. The molecule has 0 radical (unpaired) electrons. The zero-order valence-electron chi connectivity index (χ0n) is 24.0. The van der Waals surface area contributed by atoms with Crippen LogP contribution in [-0.4, -0.2) is 11.6 Å². The number of anilines is 1. The maximum Gasteiger partial charge on any atom is 0.193 e. The first-order chi connectivity index (χ1) is 20.0. The Morgan fingerprint density at radius 1 is 0.500 bits per heavy atom. The van der Waals surface area contributed by atoms with Crippen LogP contribution in [0.5, 0.6) is 0 Å². The molecule has 0 unspecified atom stereocenters. The average Bonchev–Trinajstić information content (AvgIpc) is 3.35. The largest absolute Gasteiger partial charge is 0.399 e. The number of rotatable bonds is 4. The van der Waals surface area contributed by atoms with Gasteiger partial charge in [-0.1, -0.05) is 52.0 Å². The summed E-state index contributed by atoms with van der Waals surface area (Å²) in [4.78, 5) is 26.6. The number of benzene rings is 5. The maximum atomic E-state index is 13.4. The molecule has 2 aliphatic rings. The molecule has 2 aliphatic carbocycles. The van der Waals surface area contributed by atoms with Gasteiger partial charge in [0.25, 0.3) is 0 Å². The molecular formula is C38H30FNO2. The number of hydrogen-bond acceptors (Lipinski definition) is 3. The van der Waals surface area contributed by atoms with E-state index in [0.29, 0.717) is 27.9 Å². The van der Waals surface area contributed by atoms with Gasteiger partial charge in [0.15, 0.2) is 11.6 Å². The van der Waals surface area contributed by atoms with Crippen LogP contribution in [0.25, 0.3) is 22.3 Å². The average molecular weight is 552 g/mol. The van der Waals surface area contributed by atoms with Crippen LogP contribution in [0.1, 0.15) is 81.8 Å². The molecule has 0 saturated heterocycles. The zero-order chi connectivity index (χ0) is 29.6. The van der Waals surface area contributed by atoms with Crippen LogP contribution in [0.2, 0.25) is 0 Å². The molecule has 0 atom stereocenters. The van der Waals surface area contributed by atoms with E-state index >= 15 is 0 Å². The zero-order valence-corrected chi connectivity index (χ0v) is 24.0. The third-order valence-corrected chi connectivity index (χ3v) is 9.27. The Hall–Kier alpha value is -4.83. The van der Waals surface area contributed by atoms with Gasteiger partial charge in [-0.3, -0.25) is 9.59 Å². The van der Waals surface area contributed by atoms with Crippen molar-refractivity contribution in [1.82, 2.24) is 0 Å². The summed E-state index contributed by atoms with van der Waals surface area (Å²) in [6.45, 7) is 8.83. The van der Waals surface area contributed by atoms with Gasteiger partial charge < -0.3 is 5.73 Å². The van der Waals surface area contributed by atoms with E-state index in [1.165, 1.54) is 46.5 Å². The number of nitrogens with two attached hydrogens (primary N) is 1. The van der Waals surface area contributed by atoms with E-state index in [2.05, 4.69) is 45.9 Å². The van der Waals surface area contributed by atoms with Gasteiger partial charge in [-0.25, -0.2) is 4.39 Å². The van der Waals surface area contributed by atoms with Crippen LogP contribution in [0.15, 0.2) is 97.1 Å². The summed E-state index contributed by atoms with van der Waals surface area (Å²) in [6.07, 6.45) is 0. The predicted molar refractivity (Wildman–Crippen MR) is 166 cm³/mol. The molecule has 0 heterocycles. The summed E-state index contributed by atoms with van der Waals surface area (Å²) in [6, 6.07) is 29.3. The van der Waals surface area contributed by atoms with E-state index in [1.54, 1.807) is 24.3 Å². The van der Waals surface area contributed by atoms with E-state index in [0.717, 1.165) is 22.3 Å². The van der Waals surface area contributed by atoms with Crippen LogP contribution in [-0.2, 0) is 10.8 Å². The second-order valence-corrected chi connectivity index (χ2v) is 12.5. The van der Waals surface area contributed by atoms with E-state index in [9.17, 15) is 14.0 Å². The van der Waals surface area contributed by atoms with E-state index < -0.39 is 0 Å². The molecule has 3 nitrogen and oxygen atoms in total. The molecule has 4 heteroatoms. The Morgan fingerprint density at radius 2 is 0.857 bits per heavy atom. The number of carbonyl (C=O) groups is 2. The summed E-state index contributed by atoms with van der Waals surface area (Å²) in [5.74, 6) is -0.501. The van der Waals surface area contributed by atoms with Crippen LogP contribution in [0, 0.1) is 5.82 Å². The third kappa shape index (κ3) is 3.71. The first-order valence-electron chi connectivity index (χ1n) is 14.2. The second-order valence-electron chi connectivity index (χ2n) is 12.5.